The Morgan fingerprint density at radius 3 is 1.71 bits per heavy atom. The van der Waals surface area contributed by atoms with Crippen molar-refractivity contribution in [2.24, 2.45) is 11.8 Å². The predicted molar refractivity (Wildman–Crippen MR) is 72.9 cm³/mol. The van der Waals surface area contributed by atoms with Crippen LogP contribution in [0.2, 0.25) is 0 Å². The molecule has 2 unspecified atom stereocenters. The Morgan fingerprint density at radius 1 is 0.647 bits per heavy atom. The molecule has 0 amide bonds. The first kappa shape index (κ1) is 10.6. The molecule has 2 aromatic carbocycles. The van der Waals surface area contributed by atoms with Gasteiger partial charge in [0, 0.05) is 0 Å². The molecule has 0 heteroatoms. The van der Waals surface area contributed by atoms with Crippen LogP contribution in [0.25, 0.3) is 11.1 Å². The Hall–Kier alpha value is -1.56. The minimum Gasteiger partial charge on any atom is -0.0622 e. The van der Waals surface area contributed by atoms with E-state index in [1.165, 1.54) is 16.7 Å². The van der Waals surface area contributed by atoms with Crippen molar-refractivity contribution in [2.45, 2.75) is 19.8 Å². The Bertz CT molecular complexity index is 487. The monoisotopic (exact) mass is 222 g/mol. The fourth-order valence-electron chi connectivity index (χ4n) is 2.80. The van der Waals surface area contributed by atoms with Gasteiger partial charge in [0.1, 0.15) is 0 Å². The Balaban J connectivity index is 1.86. The van der Waals surface area contributed by atoms with Crippen molar-refractivity contribution < 1.29 is 0 Å². The molecule has 0 radical (unpaired) electrons. The molecule has 0 bridgehead atoms. The molecule has 1 saturated carbocycles. The van der Waals surface area contributed by atoms with Gasteiger partial charge < -0.3 is 0 Å². The van der Waals surface area contributed by atoms with Crippen molar-refractivity contribution in [1.82, 2.24) is 0 Å². The summed E-state index contributed by atoms with van der Waals surface area (Å²) in [6.07, 6.45) is 0. The normalized spacial score (nSPS) is 26.8. The van der Waals surface area contributed by atoms with Gasteiger partial charge in [0.05, 0.1) is 0 Å². The zero-order valence-electron chi connectivity index (χ0n) is 10.4. The molecule has 86 valence electrons. The largest absolute Gasteiger partial charge is 0.0622 e. The van der Waals surface area contributed by atoms with E-state index in [-0.39, 0.29) is 0 Å². The highest BCUT2D eigenvalue weighted by atomic mass is 14.5. The van der Waals surface area contributed by atoms with E-state index in [2.05, 4.69) is 68.4 Å². The van der Waals surface area contributed by atoms with E-state index < -0.39 is 0 Å². The summed E-state index contributed by atoms with van der Waals surface area (Å²) >= 11 is 0. The molecule has 0 heterocycles. The predicted octanol–water partition coefficient (Wildman–Crippen LogP) is 4.72. The van der Waals surface area contributed by atoms with Crippen molar-refractivity contribution in [3.8, 4) is 11.1 Å². The third kappa shape index (κ3) is 1.88. The minimum absolute atomic E-state index is 0.792. The SMILES string of the molecule is CC1C(C)C1c1ccc(-c2ccccc2)cc1. The molecule has 0 spiro atoms. The standard InChI is InChI=1S/C17H18/c1-12-13(2)17(12)16-10-8-15(9-11-16)14-6-4-3-5-7-14/h3-13,17H,1-2H3. The second kappa shape index (κ2) is 4.03. The lowest BCUT2D eigenvalue weighted by atomic mass is 10.0. The highest BCUT2D eigenvalue weighted by molar-refractivity contribution is 5.63. The molecule has 2 atom stereocenters. The third-order valence-corrected chi connectivity index (χ3v) is 4.22. The van der Waals surface area contributed by atoms with Gasteiger partial charge in [-0.05, 0) is 34.4 Å². The van der Waals surface area contributed by atoms with Gasteiger partial charge in [-0.3, -0.25) is 0 Å². The number of rotatable bonds is 2. The van der Waals surface area contributed by atoms with E-state index in [0.717, 1.165) is 17.8 Å². The first-order chi connectivity index (χ1) is 8.27. The van der Waals surface area contributed by atoms with Crippen LogP contribution in [0.3, 0.4) is 0 Å². The lowest BCUT2D eigenvalue weighted by molar-refractivity contribution is 0.834. The summed E-state index contributed by atoms with van der Waals surface area (Å²) in [7, 11) is 0. The van der Waals surface area contributed by atoms with Crippen LogP contribution in [-0.2, 0) is 0 Å². The molecule has 0 nitrogen and oxygen atoms in total. The van der Waals surface area contributed by atoms with E-state index in [9.17, 15) is 0 Å². The Kier molecular flexibility index (Phi) is 2.51. The van der Waals surface area contributed by atoms with Gasteiger partial charge in [-0.25, -0.2) is 0 Å². The molecule has 2 aromatic rings. The zero-order valence-corrected chi connectivity index (χ0v) is 10.4. The van der Waals surface area contributed by atoms with Crippen LogP contribution in [0.15, 0.2) is 54.6 Å². The number of hydrogen-bond donors (Lipinski definition) is 0. The zero-order chi connectivity index (χ0) is 11.8. The molecule has 0 N–H and O–H groups in total. The van der Waals surface area contributed by atoms with Crippen molar-refractivity contribution >= 4 is 0 Å². The summed E-state index contributed by atoms with van der Waals surface area (Å²) in [4.78, 5) is 0. The van der Waals surface area contributed by atoms with Crippen LogP contribution in [-0.4, -0.2) is 0 Å². The molecule has 1 fully saturated rings. The van der Waals surface area contributed by atoms with Crippen molar-refractivity contribution in [2.75, 3.05) is 0 Å². The molecule has 1 aliphatic carbocycles. The molecule has 0 saturated heterocycles. The highest BCUT2D eigenvalue weighted by Crippen LogP contribution is 2.53. The highest BCUT2D eigenvalue weighted by Gasteiger charge is 2.43. The van der Waals surface area contributed by atoms with Crippen LogP contribution in [0, 0.1) is 11.8 Å². The number of hydrogen-bond acceptors (Lipinski definition) is 0. The van der Waals surface area contributed by atoms with Gasteiger partial charge in [0.25, 0.3) is 0 Å². The van der Waals surface area contributed by atoms with E-state index in [4.69, 9.17) is 0 Å². The maximum Gasteiger partial charge on any atom is -0.0105 e. The van der Waals surface area contributed by atoms with Crippen molar-refractivity contribution in [3.63, 3.8) is 0 Å². The van der Waals surface area contributed by atoms with Gasteiger partial charge in [0.2, 0.25) is 0 Å². The molecular weight excluding hydrogens is 204 g/mol. The van der Waals surface area contributed by atoms with Gasteiger partial charge in [0.15, 0.2) is 0 Å². The van der Waals surface area contributed by atoms with E-state index in [0.29, 0.717) is 0 Å². The quantitative estimate of drug-likeness (QED) is 0.689. The molecule has 17 heavy (non-hydrogen) atoms. The fraction of sp³-hybridized carbons (Fsp3) is 0.294. The maximum atomic E-state index is 2.35. The van der Waals surface area contributed by atoms with Crippen molar-refractivity contribution in [1.29, 1.82) is 0 Å². The molecule has 0 aromatic heterocycles. The van der Waals surface area contributed by atoms with Gasteiger partial charge in [-0.15, -0.1) is 0 Å². The summed E-state index contributed by atoms with van der Waals surface area (Å²) in [6.45, 7) is 4.70. The topological polar surface area (TPSA) is 0 Å². The summed E-state index contributed by atoms with van der Waals surface area (Å²) in [6, 6.07) is 19.7. The van der Waals surface area contributed by atoms with Gasteiger partial charge in [-0.1, -0.05) is 68.4 Å². The van der Waals surface area contributed by atoms with Crippen molar-refractivity contribution in [3.05, 3.63) is 60.2 Å². The fourth-order valence-corrected chi connectivity index (χ4v) is 2.80. The lowest BCUT2D eigenvalue weighted by Gasteiger charge is -2.04. The summed E-state index contributed by atoms with van der Waals surface area (Å²) in [5.41, 5.74) is 4.12. The van der Waals surface area contributed by atoms with Crippen LogP contribution in [0.5, 0.6) is 0 Å². The molecule has 3 rings (SSSR count). The molecule has 0 aliphatic heterocycles. The molecule has 1 aliphatic rings. The summed E-state index contributed by atoms with van der Waals surface area (Å²) in [5, 5.41) is 0. The average molecular weight is 222 g/mol. The average Bonchev–Trinajstić information content (AvgIpc) is 2.99. The van der Waals surface area contributed by atoms with Crippen LogP contribution >= 0.6 is 0 Å². The Labute approximate surface area is 103 Å². The van der Waals surface area contributed by atoms with Gasteiger partial charge >= 0.3 is 0 Å². The maximum absolute atomic E-state index is 2.35. The van der Waals surface area contributed by atoms with Crippen LogP contribution in [0.4, 0.5) is 0 Å². The smallest absolute Gasteiger partial charge is 0.0105 e. The van der Waals surface area contributed by atoms with Crippen LogP contribution < -0.4 is 0 Å². The third-order valence-electron chi connectivity index (χ3n) is 4.22. The van der Waals surface area contributed by atoms with E-state index in [1.807, 2.05) is 0 Å². The van der Waals surface area contributed by atoms with Crippen LogP contribution in [0.1, 0.15) is 25.3 Å². The minimum atomic E-state index is 0.792. The van der Waals surface area contributed by atoms with E-state index >= 15 is 0 Å². The summed E-state index contributed by atoms with van der Waals surface area (Å²) < 4.78 is 0. The lowest BCUT2D eigenvalue weighted by Crippen LogP contribution is -1.83. The number of benzene rings is 2. The second-order valence-electron chi connectivity index (χ2n) is 5.23. The van der Waals surface area contributed by atoms with E-state index in [1.54, 1.807) is 0 Å². The first-order valence-corrected chi connectivity index (χ1v) is 6.43. The first-order valence-electron chi connectivity index (χ1n) is 6.43. The Morgan fingerprint density at radius 2 is 1.18 bits per heavy atom. The molecular formula is C17H18. The van der Waals surface area contributed by atoms with Gasteiger partial charge in [-0.2, -0.15) is 0 Å². The second-order valence-corrected chi connectivity index (χ2v) is 5.23. The summed E-state index contributed by atoms with van der Waals surface area (Å²) in [5.74, 6) is 2.51.